The van der Waals surface area contributed by atoms with Gasteiger partial charge in [-0.1, -0.05) is 30.3 Å². The zero-order valence-corrected chi connectivity index (χ0v) is 16.9. The van der Waals surface area contributed by atoms with E-state index in [1.165, 1.54) is 9.87 Å². The Kier molecular flexibility index (Phi) is 7.58. The van der Waals surface area contributed by atoms with Crippen LogP contribution in [0.2, 0.25) is 0 Å². The van der Waals surface area contributed by atoms with Crippen molar-refractivity contribution in [2.24, 2.45) is 0 Å². The van der Waals surface area contributed by atoms with E-state index < -0.39 is 10.0 Å². The van der Waals surface area contributed by atoms with Crippen LogP contribution in [0, 0.1) is 0 Å². The fraction of sp³-hybridized carbons (Fsp3) is 0.400. The third kappa shape index (κ3) is 5.97. The van der Waals surface area contributed by atoms with Crippen molar-refractivity contribution in [2.75, 3.05) is 38.7 Å². The van der Waals surface area contributed by atoms with Gasteiger partial charge in [-0.2, -0.15) is 16.1 Å². The van der Waals surface area contributed by atoms with E-state index >= 15 is 0 Å². The molecule has 5 nitrogen and oxygen atoms in total. The predicted octanol–water partition coefficient (Wildman–Crippen LogP) is 3.41. The van der Waals surface area contributed by atoms with Crippen LogP contribution in [0.1, 0.15) is 12.0 Å². The van der Waals surface area contributed by atoms with Gasteiger partial charge < -0.3 is 9.47 Å². The molecule has 146 valence electrons. The Bertz CT molecular complexity index is 788. The minimum atomic E-state index is -3.44. The molecule has 0 amide bonds. The van der Waals surface area contributed by atoms with Gasteiger partial charge in [0.2, 0.25) is 10.0 Å². The molecule has 0 bridgehead atoms. The fourth-order valence-electron chi connectivity index (χ4n) is 2.76. The summed E-state index contributed by atoms with van der Waals surface area (Å²) in [6, 6.07) is 17.1. The zero-order chi connectivity index (χ0) is 19.0. The molecule has 0 aliphatic carbocycles. The number of hydrogen-bond acceptors (Lipinski definition) is 5. The molecular weight excluding hydrogens is 382 g/mol. The van der Waals surface area contributed by atoms with Crippen molar-refractivity contribution >= 4 is 21.8 Å². The van der Waals surface area contributed by atoms with E-state index in [0.717, 1.165) is 17.9 Å². The molecule has 3 rings (SSSR count). The van der Waals surface area contributed by atoms with Gasteiger partial charge in [-0.05, 0) is 42.0 Å². The summed E-state index contributed by atoms with van der Waals surface area (Å²) < 4.78 is 37.6. The quantitative estimate of drug-likeness (QED) is 0.596. The summed E-state index contributed by atoms with van der Waals surface area (Å²) in [6.45, 7) is 2.32. The number of rotatable bonds is 9. The molecule has 1 aliphatic heterocycles. The highest BCUT2D eigenvalue weighted by molar-refractivity contribution is 7.98. The van der Waals surface area contributed by atoms with Crippen molar-refractivity contribution in [3.63, 3.8) is 0 Å². The third-order valence-electron chi connectivity index (χ3n) is 4.24. The van der Waals surface area contributed by atoms with Crippen molar-refractivity contribution < 1.29 is 17.9 Å². The summed E-state index contributed by atoms with van der Waals surface area (Å²) >= 11 is 1.89. The topological polar surface area (TPSA) is 55.8 Å². The minimum Gasteiger partial charge on any atom is -0.494 e. The Morgan fingerprint density at radius 3 is 2.41 bits per heavy atom. The lowest BCUT2D eigenvalue weighted by atomic mass is 10.2. The maximum atomic E-state index is 12.6. The number of ether oxygens (including phenoxy) is 2. The molecular formula is C20H25NO4S2. The molecule has 0 atom stereocenters. The Hall–Kier alpha value is -1.54. The Morgan fingerprint density at radius 2 is 1.70 bits per heavy atom. The molecule has 0 aromatic heterocycles. The zero-order valence-electron chi connectivity index (χ0n) is 15.2. The lowest BCUT2D eigenvalue weighted by Gasteiger charge is -2.26. The average molecular weight is 408 g/mol. The van der Waals surface area contributed by atoms with E-state index in [1.807, 2.05) is 17.8 Å². The monoisotopic (exact) mass is 407 g/mol. The summed E-state index contributed by atoms with van der Waals surface area (Å²) in [5, 5.41) is 0. The minimum absolute atomic E-state index is 0.301. The fourth-order valence-corrected chi connectivity index (χ4v) is 5.06. The Labute approximate surface area is 165 Å². The molecule has 0 saturated carbocycles. The smallest absolute Gasteiger partial charge is 0.243 e. The van der Waals surface area contributed by atoms with Gasteiger partial charge >= 0.3 is 0 Å². The van der Waals surface area contributed by atoms with Crippen molar-refractivity contribution in [3.05, 3.63) is 60.2 Å². The van der Waals surface area contributed by atoms with Crippen molar-refractivity contribution in [1.82, 2.24) is 4.31 Å². The highest BCUT2D eigenvalue weighted by atomic mass is 32.2. The predicted molar refractivity (Wildman–Crippen MR) is 109 cm³/mol. The van der Waals surface area contributed by atoms with Crippen molar-refractivity contribution in [2.45, 2.75) is 17.1 Å². The van der Waals surface area contributed by atoms with E-state index in [0.29, 0.717) is 43.6 Å². The lowest BCUT2D eigenvalue weighted by molar-refractivity contribution is 0.0730. The largest absolute Gasteiger partial charge is 0.494 e. The Balaban J connectivity index is 1.40. The Morgan fingerprint density at radius 1 is 1.00 bits per heavy atom. The molecule has 0 spiro atoms. The first kappa shape index (κ1) is 20.2. The molecule has 1 aliphatic rings. The first-order chi connectivity index (χ1) is 13.2. The van der Waals surface area contributed by atoms with Gasteiger partial charge in [-0.3, -0.25) is 0 Å². The van der Waals surface area contributed by atoms with Crippen molar-refractivity contribution in [3.8, 4) is 5.75 Å². The van der Waals surface area contributed by atoms with Crippen LogP contribution in [0.25, 0.3) is 0 Å². The normalized spacial score (nSPS) is 15.6. The third-order valence-corrected chi connectivity index (χ3v) is 7.27. The van der Waals surface area contributed by atoms with Crippen LogP contribution >= 0.6 is 11.8 Å². The number of nitrogens with zero attached hydrogens (tertiary/aromatic N) is 1. The van der Waals surface area contributed by atoms with E-state index in [1.54, 1.807) is 24.3 Å². The van der Waals surface area contributed by atoms with Gasteiger partial charge in [0.15, 0.2) is 0 Å². The molecule has 7 heteroatoms. The summed E-state index contributed by atoms with van der Waals surface area (Å²) in [7, 11) is -3.44. The van der Waals surface area contributed by atoms with Gasteiger partial charge in [0.25, 0.3) is 0 Å². The molecule has 1 heterocycles. The summed E-state index contributed by atoms with van der Waals surface area (Å²) in [4.78, 5) is 0.301. The number of benzene rings is 2. The van der Waals surface area contributed by atoms with Gasteiger partial charge in [0, 0.05) is 18.8 Å². The molecule has 1 fully saturated rings. The summed E-state index contributed by atoms with van der Waals surface area (Å²) in [6.07, 6.45) is 0.950. The van der Waals surface area contributed by atoms with Crippen LogP contribution in [0.15, 0.2) is 59.5 Å². The lowest BCUT2D eigenvalue weighted by Crippen LogP contribution is -2.40. The molecule has 0 radical (unpaired) electrons. The van der Waals surface area contributed by atoms with Crippen LogP contribution in [-0.2, 0) is 20.5 Å². The van der Waals surface area contributed by atoms with Crippen LogP contribution in [0.3, 0.4) is 0 Å². The van der Waals surface area contributed by atoms with Crippen LogP contribution in [-0.4, -0.2) is 51.4 Å². The second kappa shape index (κ2) is 10.1. The van der Waals surface area contributed by atoms with Gasteiger partial charge in [-0.15, -0.1) is 0 Å². The summed E-state index contributed by atoms with van der Waals surface area (Å²) in [5.74, 6) is 2.73. The first-order valence-electron chi connectivity index (χ1n) is 9.09. The van der Waals surface area contributed by atoms with E-state index in [-0.39, 0.29) is 0 Å². The maximum Gasteiger partial charge on any atom is 0.243 e. The van der Waals surface area contributed by atoms with E-state index in [2.05, 4.69) is 24.3 Å². The molecule has 0 N–H and O–H groups in total. The molecule has 2 aromatic carbocycles. The van der Waals surface area contributed by atoms with Gasteiger partial charge in [0.05, 0.1) is 24.7 Å². The molecule has 1 saturated heterocycles. The van der Waals surface area contributed by atoms with Gasteiger partial charge in [0.1, 0.15) is 5.75 Å². The first-order valence-corrected chi connectivity index (χ1v) is 11.7. The molecule has 0 unspecified atom stereocenters. The summed E-state index contributed by atoms with van der Waals surface area (Å²) in [5.41, 5.74) is 1.33. The van der Waals surface area contributed by atoms with Crippen molar-refractivity contribution in [1.29, 1.82) is 0 Å². The highest BCUT2D eigenvalue weighted by Crippen LogP contribution is 2.21. The van der Waals surface area contributed by atoms with Crippen LogP contribution in [0.4, 0.5) is 0 Å². The standard InChI is InChI=1S/C20H25NO4S2/c22-27(23,21-11-14-24-15-12-21)20-9-7-19(8-10-20)25-13-4-16-26-17-18-5-2-1-3-6-18/h1-3,5-10H,4,11-17H2. The number of sulfonamides is 1. The van der Waals surface area contributed by atoms with Crippen LogP contribution in [0.5, 0.6) is 5.75 Å². The second-order valence-electron chi connectivity index (χ2n) is 6.23. The van der Waals surface area contributed by atoms with E-state index in [4.69, 9.17) is 9.47 Å². The van der Waals surface area contributed by atoms with Gasteiger partial charge in [-0.25, -0.2) is 8.42 Å². The second-order valence-corrected chi connectivity index (χ2v) is 9.27. The maximum absolute atomic E-state index is 12.6. The highest BCUT2D eigenvalue weighted by Gasteiger charge is 2.26. The molecule has 27 heavy (non-hydrogen) atoms. The number of thioether (sulfide) groups is 1. The average Bonchev–Trinajstić information content (AvgIpc) is 2.72. The number of hydrogen-bond donors (Lipinski definition) is 0. The number of morpholine rings is 1. The molecule has 2 aromatic rings. The SMILES string of the molecule is O=S(=O)(c1ccc(OCCCSCc2ccccc2)cc1)N1CCOCC1. The van der Waals surface area contributed by atoms with Crippen LogP contribution < -0.4 is 4.74 Å². The van der Waals surface area contributed by atoms with E-state index in [9.17, 15) is 8.42 Å².